The van der Waals surface area contributed by atoms with Gasteiger partial charge in [-0.05, 0) is 49.0 Å². The molecule has 0 radical (unpaired) electrons. The maximum atomic E-state index is 10.6. The first-order chi connectivity index (χ1) is 22.7. The molecule has 8 nitrogen and oxygen atoms in total. The fourth-order valence-electron chi connectivity index (χ4n) is 4.01. The Morgan fingerprint density at radius 1 is 0.490 bits per heavy atom. The fraction of sp³-hybridized carbons (Fsp3) is 0.833. The topological polar surface area (TPSA) is 149 Å². The normalized spacial score (nSPS) is 10.8. The van der Waals surface area contributed by atoms with Gasteiger partial charge in [0.1, 0.15) is 0 Å². The second-order valence-corrected chi connectivity index (χ2v) is 21.5. The van der Waals surface area contributed by atoms with E-state index in [9.17, 15) is 39.0 Å². The predicted octanol–water partition coefficient (Wildman–Crippen LogP) is 6.25. The third-order valence-electron chi connectivity index (χ3n) is 7.05. The maximum Gasteiger partial charge on any atom is 0.0445 e. The standard InChI is InChI=1S/2C10H20O2S.4C4H7O.S.2Sn/c2*1-2-3-4-5-6-9(7-8-13)10(11)12;4*1-3-4(2)5;;;/h2*9,13H,2-8H2,1H3,(H,11,12);4*1,3H2,2H3;;;/q;;;;;;-2;2*+2/p-2. The Bertz CT molecular complexity index is 734. The largest absolute Gasteiger partial charge is 2.00 e. The first-order valence-corrected chi connectivity index (χ1v) is 27.1. The van der Waals surface area contributed by atoms with E-state index in [4.69, 9.17) is 0 Å². The van der Waals surface area contributed by atoms with Crippen molar-refractivity contribution in [3.8, 4) is 0 Å². The number of aliphatic carboxylic acids is 2. The minimum absolute atomic E-state index is 0. The summed E-state index contributed by atoms with van der Waals surface area (Å²) < 4.78 is 4.41. The summed E-state index contributed by atoms with van der Waals surface area (Å²) in [5.74, 6) is 0.0171. The second-order valence-electron chi connectivity index (χ2n) is 12.1. The number of carboxylic acid groups (broad SMARTS) is 2. The molecule has 0 N–H and O–H groups in total. The van der Waals surface area contributed by atoms with Crippen LogP contribution in [0.3, 0.4) is 0 Å². The summed E-state index contributed by atoms with van der Waals surface area (Å²) in [6.07, 6.45) is 14.8. The molecule has 2 atom stereocenters. The van der Waals surface area contributed by atoms with Crippen LogP contribution >= 0.6 is 25.3 Å². The van der Waals surface area contributed by atoms with Crippen LogP contribution in [-0.2, 0) is 42.3 Å². The number of unbranched alkanes of at least 4 members (excludes halogenated alkanes) is 6. The summed E-state index contributed by atoms with van der Waals surface area (Å²) in [7, 11) is 0. The number of hydrogen-bond donors (Lipinski definition) is 2. The van der Waals surface area contributed by atoms with Gasteiger partial charge in [0.2, 0.25) is 0 Å². The smallest absolute Gasteiger partial charge is 0.0445 e. The van der Waals surface area contributed by atoms with Crippen molar-refractivity contribution in [2.45, 2.75) is 162 Å². The Morgan fingerprint density at radius 2 is 0.755 bits per heavy atom. The summed E-state index contributed by atoms with van der Waals surface area (Å²) in [5.41, 5.74) is 0. The molecular formula is C36H66O8S3Sn2. The van der Waals surface area contributed by atoms with Crippen molar-refractivity contribution in [2.24, 2.45) is 11.8 Å². The van der Waals surface area contributed by atoms with Crippen molar-refractivity contribution in [1.29, 1.82) is 0 Å². The number of Topliss-reactive ketones (excluding diaryl/α,β-unsaturated/α-hetero) is 4. The molecule has 49 heavy (non-hydrogen) atoms. The molecule has 0 bridgehead atoms. The Hall–Kier alpha value is 0.267. The predicted molar refractivity (Wildman–Crippen MR) is 211 cm³/mol. The van der Waals surface area contributed by atoms with Crippen LogP contribution in [0.1, 0.15) is 144 Å². The fourth-order valence-corrected chi connectivity index (χ4v) is 12.1. The van der Waals surface area contributed by atoms with Crippen molar-refractivity contribution in [2.75, 3.05) is 11.5 Å². The van der Waals surface area contributed by atoms with E-state index in [1.54, 1.807) is 27.7 Å². The Labute approximate surface area is 337 Å². The van der Waals surface area contributed by atoms with E-state index in [0.717, 1.165) is 82.0 Å². The quantitative estimate of drug-likeness (QED) is 0.0532. The van der Waals surface area contributed by atoms with E-state index in [0.29, 0.717) is 24.3 Å². The number of carbonyl (C=O) groups is 6. The van der Waals surface area contributed by atoms with Crippen molar-refractivity contribution in [1.82, 2.24) is 0 Å². The van der Waals surface area contributed by atoms with Gasteiger partial charge in [0.05, 0.1) is 0 Å². The minimum Gasteiger partial charge on any atom is -2.00 e. The molecule has 0 heterocycles. The first-order valence-electron chi connectivity index (χ1n) is 17.7. The number of thiol groups is 2. The van der Waals surface area contributed by atoms with Crippen LogP contribution in [0.25, 0.3) is 0 Å². The number of carbonyl (C=O) groups excluding carboxylic acids is 6. The molecule has 0 fully saturated rings. The number of rotatable bonds is 28. The van der Waals surface area contributed by atoms with Gasteiger partial charge in [0.15, 0.2) is 0 Å². The summed E-state index contributed by atoms with van der Waals surface area (Å²) in [4.78, 5) is 63.2. The molecule has 0 spiro atoms. The average Bonchev–Trinajstić information content (AvgIpc) is 3.00. The molecular weight excluding hydrogens is 894 g/mol. The molecule has 0 aliphatic carbocycles. The monoisotopic (exact) mass is 962 g/mol. The third-order valence-corrected chi connectivity index (χ3v) is 14.5. The Kier molecular flexibility index (Phi) is 55.3. The van der Waals surface area contributed by atoms with E-state index >= 15 is 0 Å². The van der Waals surface area contributed by atoms with E-state index < -0.39 is 11.9 Å². The average molecular weight is 961 g/mol. The van der Waals surface area contributed by atoms with Crippen molar-refractivity contribution in [3.05, 3.63) is 0 Å². The van der Waals surface area contributed by atoms with Gasteiger partial charge in [-0.2, -0.15) is 25.3 Å². The van der Waals surface area contributed by atoms with Gasteiger partial charge in [0.25, 0.3) is 0 Å². The molecule has 0 aliphatic rings. The van der Waals surface area contributed by atoms with Gasteiger partial charge >= 0.3 is 156 Å². The van der Waals surface area contributed by atoms with E-state index in [1.165, 1.54) is 25.7 Å². The molecule has 0 amide bonds. The molecule has 0 aliphatic heterocycles. The van der Waals surface area contributed by atoms with E-state index in [2.05, 4.69) is 39.1 Å². The molecule has 0 aromatic rings. The molecule has 0 saturated heterocycles. The minimum atomic E-state index is -0.912. The number of hydrogen-bond acceptors (Lipinski definition) is 10. The first kappa shape index (κ1) is 58.6. The zero-order valence-corrected chi connectivity index (χ0v) is 39.6. The SMILES string of the molecule is CC(=O)C[CH2][Sn+2][CH2]CC(C)=O.CC(=O)C[CH2][Sn+2][CH2]CC(C)=O.CCCCCCC(CCS)C(=O)[O-].CCCCCCC(CCS)C(=O)[O-].[S-2]. The molecule has 2 unspecified atom stereocenters. The second kappa shape index (κ2) is 46.3. The van der Waals surface area contributed by atoms with E-state index in [-0.39, 0.29) is 90.7 Å². The van der Waals surface area contributed by atoms with Crippen LogP contribution in [0.2, 0.25) is 17.7 Å². The molecule has 13 heteroatoms. The van der Waals surface area contributed by atoms with Crippen molar-refractivity contribution < 1.29 is 39.0 Å². The van der Waals surface area contributed by atoms with Crippen molar-refractivity contribution in [3.63, 3.8) is 0 Å². The summed E-state index contributed by atoms with van der Waals surface area (Å²) in [6.45, 7) is 10.8. The Balaban J connectivity index is -0.000000175. The van der Waals surface area contributed by atoms with Gasteiger partial charge in [0, 0.05) is 11.9 Å². The van der Waals surface area contributed by atoms with Gasteiger partial charge in [-0.15, -0.1) is 0 Å². The molecule has 0 rings (SSSR count). The zero-order valence-electron chi connectivity index (χ0n) is 31.3. The van der Waals surface area contributed by atoms with Crippen LogP contribution in [-0.4, -0.2) is 88.9 Å². The summed E-state index contributed by atoms with van der Waals surface area (Å²) >= 11 is 7.32. The summed E-state index contributed by atoms with van der Waals surface area (Å²) in [5, 5.41) is 21.2. The molecule has 0 aromatic heterocycles. The number of carboxylic acids is 2. The van der Waals surface area contributed by atoms with Crippen LogP contribution < -0.4 is 10.2 Å². The Morgan fingerprint density at radius 3 is 0.939 bits per heavy atom. The number of ketones is 4. The van der Waals surface area contributed by atoms with Crippen LogP contribution in [0.5, 0.6) is 0 Å². The summed E-state index contributed by atoms with van der Waals surface area (Å²) in [6, 6.07) is 0. The third kappa shape index (κ3) is 57.8. The van der Waals surface area contributed by atoms with Crippen molar-refractivity contribution >= 4 is 116 Å². The van der Waals surface area contributed by atoms with Gasteiger partial charge in [-0.25, -0.2) is 0 Å². The van der Waals surface area contributed by atoms with Gasteiger partial charge in [-0.1, -0.05) is 65.2 Å². The van der Waals surface area contributed by atoms with Crippen LogP contribution in [0.15, 0.2) is 0 Å². The molecule has 284 valence electrons. The molecule has 0 aromatic carbocycles. The maximum absolute atomic E-state index is 10.6. The van der Waals surface area contributed by atoms with Crippen LogP contribution in [0, 0.1) is 11.8 Å². The van der Waals surface area contributed by atoms with Gasteiger partial charge < -0.3 is 33.3 Å². The van der Waals surface area contributed by atoms with E-state index in [1.807, 2.05) is 0 Å². The zero-order chi connectivity index (χ0) is 37.6. The molecule has 0 saturated carbocycles. The van der Waals surface area contributed by atoms with Gasteiger partial charge in [-0.3, -0.25) is 0 Å². The van der Waals surface area contributed by atoms with Crippen LogP contribution in [0.4, 0.5) is 0 Å².